The van der Waals surface area contributed by atoms with Crippen molar-refractivity contribution in [1.29, 1.82) is 0 Å². The number of hydrogen-bond acceptors (Lipinski definition) is 3. The molecular formula is C17H16N2O2. The molecule has 0 radical (unpaired) electrons. The zero-order valence-electron chi connectivity index (χ0n) is 11.8. The molecule has 0 aliphatic heterocycles. The zero-order valence-corrected chi connectivity index (χ0v) is 11.8. The van der Waals surface area contributed by atoms with E-state index in [0.717, 1.165) is 16.7 Å². The molecule has 3 aromatic rings. The van der Waals surface area contributed by atoms with Crippen LogP contribution < -0.4 is 5.32 Å². The van der Waals surface area contributed by atoms with E-state index in [4.69, 9.17) is 4.42 Å². The zero-order chi connectivity index (χ0) is 14.7. The highest BCUT2D eigenvalue weighted by Crippen LogP contribution is 2.14. The monoisotopic (exact) mass is 280 g/mol. The van der Waals surface area contributed by atoms with Crippen LogP contribution in [0.3, 0.4) is 0 Å². The fraction of sp³-hybridized carbons (Fsp3) is 0.176. The van der Waals surface area contributed by atoms with E-state index in [1.165, 1.54) is 0 Å². The van der Waals surface area contributed by atoms with Gasteiger partial charge in [0.15, 0.2) is 11.5 Å². The van der Waals surface area contributed by atoms with Crippen LogP contribution in [0.2, 0.25) is 0 Å². The van der Waals surface area contributed by atoms with Crippen LogP contribution in [0.4, 0.5) is 0 Å². The van der Waals surface area contributed by atoms with Gasteiger partial charge in [0.1, 0.15) is 5.52 Å². The summed E-state index contributed by atoms with van der Waals surface area (Å²) in [5, 5.41) is 2.89. The normalized spacial score (nSPS) is 10.7. The maximum atomic E-state index is 12.1. The number of nitrogens with zero attached hydrogens (tertiary/aromatic N) is 1. The van der Waals surface area contributed by atoms with Gasteiger partial charge in [-0.25, -0.2) is 4.98 Å². The smallest absolute Gasteiger partial charge is 0.251 e. The SMILES string of the molecule is Cc1ccccc1C(=O)NCCc1nc2ccccc2o1. The molecule has 0 fully saturated rings. The molecule has 3 rings (SSSR count). The highest BCUT2D eigenvalue weighted by atomic mass is 16.3. The van der Waals surface area contributed by atoms with Crippen LogP contribution in [0.25, 0.3) is 11.1 Å². The summed E-state index contributed by atoms with van der Waals surface area (Å²) in [6, 6.07) is 15.2. The minimum atomic E-state index is -0.0655. The van der Waals surface area contributed by atoms with Crippen molar-refractivity contribution in [2.45, 2.75) is 13.3 Å². The van der Waals surface area contributed by atoms with Crippen molar-refractivity contribution < 1.29 is 9.21 Å². The Morgan fingerprint density at radius 3 is 2.71 bits per heavy atom. The van der Waals surface area contributed by atoms with E-state index in [0.29, 0.717) is 24.4 Å². The molecule has 21 heavy (non-hydrogen) atoms. The molecule has 0 bridgehead atoms. The van der Waals surface area contributed by atoms with Crippen LogP contribution in [0.5, 0.6) is 0 Å². The molecule has 106 valence electrons. The standard InChI is InChI=1S/C17H16N2O2/c1-12-6-2-3-7-13(12)17(20)18-11-10-16-19-14-8-4-5-9-15(14)21-16/h2-9H,10-11H2,1H3,(H,18,20). The molecule has 4 nitrogen and oxygen atoms in total. The average molecular weight is 280 g/mol. The number of hydrogen-bond donors (Lipinski definition) is 1. The first kappa shape index (κ1) is 13.4. The Hall–Kier alpha value is -2.62. The minimum absolute atomic E-state index is 0.0655. The number of aromatic nitrogens is 1. The number of para-hydroxylation sites is 2. The van der Waals surface area contributed by atoms with Crippen molar-refractivity contribution in [1.82, 2.24) is 10.3 Å². The van der Waals surface area contributed by atoms with Gasteiger partial charge in [0.2, 0.25) is 0 Å². The molecule has 0 unspecified atom stereocenters. The van der Waals surface area contributed by atoms with Gasteiger partial charge in [-0.2, -0.15) is 0 Å². The van der Waals surface area contributed by atoms with Crippen LogP contribution >= 0.6 is 0 Å². The lowest BCUT2D eigenvalue weighted by Crippen LogP contribution is -2.26. The lowest BCUT2D eigenvalue weighted by atomic mass is 10.1. The molecule has 1 aromatic heterocycles. The Kier molecular flexibility index (Phi) is 3.69. The van der Waals surface area contributed by atoms with Gasteiger partial charge in [0.05, 0.1) is 0 Å². The summed E-state index contributed by atoms with van der Waals surface area (Å²) in [5.74, 6) is 0.575. The van der Waals surface area contributed by atoms with E-state index in [1.807, 2.05) is 55.5 Å². The highest BCUT2D eigenvalue weighted by molar-refractivity contribution is 5.95. The summed E-state index contributed by atoms with van der Waals surface area (Å²) in [5.41, 5.74) is 3.29. The Bertz CT molecular complexity index is 744. The van der Waals surface area contributed by atoms with Gasteiger partial charge >= 0.3 is 0 Å². The van der Waals surface area contributed by atoms with Crippen LogP contribution in [0, 0.1) is 6.92 Å². The Morgan fingerprint density at radius 1 is 1.14 bits per heavy atom. The largest absolute Gasteiger partial charge is 0.441 e. The van der Waals surface area contributed by atoms with E-state index < -0.39 is 0 Å². The molecule has 0 aliphatic carbocycles. The molecule has 0 saturated carbocycles. The molecule has 1 heterocycles. The predicted molar refractivity (Wildman–Crippen MR) is 81.2 cm³/mol. The lowest BCUT2D eigenvalue weighted by Gasteiger charge is -2.06. The number of carbonyl (C=O) groups is 1. The molecule has 1 N–H and O–H groups in total. The summed E-state index contributed by atoms with van der Waals surface area (Å²) in [6.07, 6.45) is 0.576. The van der Waals surface area contributed by atoms with E-state index in [-0.39, 0.29) is 5.91 Å². The van der Waals surface area contributed by atoms with Crippen molar-refractivity contribution in [3.63, 3.8) is 0 Å². The van der Waals surface area contributed by atoms with E-state index >= 15 is 0 Å². The molecule has 0 saturated heterocycles. The van der Waals surface area contributed by atoms with Gasteiger partial charge in [-0.3, -0.25) is 4.79 Å². The Morgan fingerprint density at radius 2 is 1.90 bits per heavy atom. The molecule has 4 heteroatoms. The van der Waals surface area contributed by atoms with Gasteiger partial charge in [0, 0.05) is 18.5 Å². The van der Waals surface area contributed by atoms with Crippen molar-refractivity contribution in [3.8, 4) is 0 Å². The number of rotatable bonds is 4. The third kappa shape index (κ3) is 2.94. The fourth-order valence-corrected chi connectivity index (χ4v) is 2.23. The molecule has 2 aromatic carbocycles. The fourth-order valence-electron chi connectivity index (χ4n) is 2.23. The van der Waals surface area contributed by atoms with Gasteiger partial charge < -0.3 is 9.73 Å². The summed E-state index contributed by atoms with van der Waals surface area (Å²) < 4.78 is 5.62. The molecule has 0 aliphatic rings. The summed E-state index contributed by atoms with van der Waals surface area (Å²) >= 11 is 0. The number of fused-ring (bicyclic) bond motifs is 1. The number of oxazole rings is 1. The quantitative estimate of drug-likeness (QED) is 0.799. The first-order chi connectivity index (χ1) is 10.2. The van der Waals surface area contributed by atoms with Gasteiger partial charge in [0.25, 0.3) is 5.91 Å². The molecule has 0 atom stereocenters. The van der Waals surface area contributed by atoms with Crippen molar-refractivity contribution >= 4 is 17.0 Å². The second-order valence-electron chi connectivity index (χ2n) is 4.90. The molecule has 1 amide bonds. The predicted octanol–water partition coefficient (Wildman–Crippen LogP) is 3.11. The Balaban J connectivity index is 1.61. The number of carbonyl (C=O) groups excluding carboxylic acids is 1. The second kappa shape index (κ2) is 5.79. The van der Waals surface area contributed by atoms with E-state index in [2.05, 4.69) is 10.3 Å². The maximum absolute atomic E-state index is 12.1. The first-order valence-corrected chi connectivity index (χ1v) is 6.92. The van der Waals surface area contributed by atoms with Crippen molar-refractivity contribution in [2.24, 2.45) is 0 Å². The summed E-state index contributed by atoms with van der Waals surface area (Å²) in [4.78, 5) is 16.4. The molecule has 0 spiro atoms. The number of amides is 1. The van der Waals surface area contributed by atoms with Gasteiger partial charge in [-0.05, 0) is 30.7 Å². The lowest BCUT2D eigenvalue weighted by molar-refractivity contribution is 0.0953. The van der Waals surface area contributed by atoms with Crippen molar-refractivity contribution in [3.05, 3.63) is 65.5 Å². The number of nitrogens with one attached hydrogen (secondary N) is 1. The number of aryl methyl sites for hydroxylation is 1. The minimum Gasteiger partial charge on any atom is -0.441 e. The number of benzene rings is 2. The maximum Gasteiger partial charge on any atom is 0.251 e. The van der Waals surface area contributed by atoms with Crippen LogP contribution in [-0.2, 0) is 6.42 Å². The first-order valence-electron chi connectivity index (χ1n) is 6.92. The third-order valence-corrected chi connectivity index (χ3v) is 3.35. The van der Waals surface area contributed by atoms with Gasteiger partial charge in [-0.1, -0.05) is 30.3 Å². The van der Waals surface area contributed by atoms with Crippen molar-refractivity contribution in [2.75, 3.05) is 6.54 Å². The third-order valence-electron chi connectivity index (χ3n) is 3.35. The summed E-state index contributed by atoms with van der Waals surface area (Å²) in [6.45, 7) is 2.43. The molecular weight excluding hydrogens is 264 g/mol. The Labute approximate surface area is 122 Å². The summed E-state index contributed by atoms with van der Waals surface area (Å²) in [7, 11) is 0. The van der Waals surface area contributed by atoms with E-state index in [1.54, 1.807) is 0 Å². The van der Waals surface area contributed by atoms with Gasteiger partial charge in [-0.15, -0.1) is 0 Å². The van der Waals surface area contributed by atoms with E-state index in [9.17, 15) is 4.79 Å². The van der Waals surface area contributed by atoms with Crippen LogP contribution in [-0.4, -0.2) is 17.4 Å². The average Bonchev–Trinajstić information content (AvgIpc) is 2.90. The van der Waals surface area contributed by atoms with Crippen LogP contribution in [0.15, 0.2) is 52.9 Å². The topological polar surface area (TPSA) is 55.1 Å². The highest BCUT2D eigenvalue weighted by Gasteiger charge is 2.09. The second-order valence-corrected chi connectivity index (χ2v) is 4.90. The van der Waals surface area contributed by atoms with Crippen LogP contribution in [0.1, 0.15) is 21.8 Å².